The van der Waals surface area contributed by atoms with Crippen LogP contribution in [0.4, 0.5) is 5.69 Å². The number of hydrogen-bond acceptors (Lipinski definition) is 3. The summed E-state index contributed by atoms with van der Waals surface area (Å²) in [6.07, 6.45) is 0.788. The Balaban J connectivity index is 1.45. The van der Waals surface area contributed by atoms with Crippen LogP contribution in [0, 0.1) is 6.92 Å². The summed E-state index contributed by atoms with van der Waals surface area (Å²) in [6, 6.07) is 24.2. The van der Waals surface area contributed by atoms with Gasteiger partial charge in [0, 0.05) is 30.2 Å². The summed E-state index contributed by atoms with van der Waals surface area (Å²) in [7, 11) is 0. The number of nitrogens with one attached hydrogen (secondary N) is 1. The van der Waals surface area contributed by atoms with Crippen molar-refractivity contribution in [3.63, 3.8) is 0 Å². The Hall–Kier alpha value is -4.19. The van der Waals surface area contributed by atoms with Crippen LogP contribution in [0.3, 0.4) is 0 Å². The van der Waals surface area contributed by atoms with Gasteiger partial charge >= 0.3 is 0 Å². The number of para-hydroxylation sites is 1. The van der Waals surface area contributed by atoms with E-state index < -0.39 is 0 Å². The van der Waals surface area contributed by atoms with E-state index in [9.17, 15) is 14.4 Å². The van der Waals surface area contributed by atoms with Crippen molar-refractivity contribution in [1.29, 1.82) is 0 Å². The van der Waals surface area contributed by atoms with Gasteiger partial charge in [0.1, 0.15) is 6.54 Å². The molecular weight excluding hydrogens is 426 g/mol. The zero-order valence-electron chi connectivity index (χ0n) is 19.0. The highest BCUT2D eigenvalue weighted by Gasteiger charge is 2.24. The third-order valence-electron chi connectivity index (χ3n) is 6.27. The second-order valence-corrected chi connectivity index (χ2v) is 8.66. The van der Waals surface area contributed by atoms with E-state index in [2.05, 4.69) is 11.4 Å². The van der Waals surface area contributed by atoms with E-state index in [1.165, 1.54) is 16.2 Å². The molecule has 170 valence electrons. The fourth-order valence-electron chi connectivity index (χ4n) is 4.58. The number of fused-ring (bicyclic) bond motifs is 2. The van der Waals surface area contributed by atoms with Crippen molar-refractivity contribution in [3.8, 4) is 0 Å². The summed E-state index contributed by atoms with van der Waals surface area (Å²) in [5.74, 6) is -0.469. The molecule has 2 heterocycles. The van der Waals surface area contributed by atoms with E-state index in [0.717, 1.165) is 17.5 Å². The molecule has 2 amide bonds. The van der Waals surface area contributed by atoms with E-state index >= 15 is 0 Å². The van der Waals surface area contributed by atoms with Crippen molar-refractivity contribution in [3.05, 3.63) is 111 Å². The van der Waals surface area contributed by atoms with E-state index in [0.29, 0.717) is 35.2 Å². The number of carbonyl (C=O) groups is 2. The van der Waals surface area contributed by atoms with Crippen LogP contribution in [-0.4, -0.2) is 27.8 Å². The first-order valence-electron chi connectivity index (χ1n) is 11.3. The summed E-state index contributed by atoms with van der Waals surface area (Å²) in [4.78, 5) is 41.1. The van der Waals surface area contributed by atoms with Crippen LogP contribution in [0.2, 0.25) is 0 Å². The average Bonchev–Trinajstić information content (AvgIpc) is 2.85. The first-order valence-corrected chi connectivity index (χ1v) is 11.3. The fourth-order valence-corrected chi connectivity index (χ4v) is 4.58. The number of anilines is 1. The van der Waals surface area contributed by atoms with Crippen molar-refractivity contribution in [1.82, 2.24) is 9.47 Å². The highest BCUT2D eigenvalue weighted by Crippen LogP contribution is 2.23. The first kappa shape index (κ1) is 21.6. The number of pyridine rings is 1. The van der Waals surface area contributed by atoms with Crippen LogP contribution in [0.1, 0.15) is 27.0 Å². The van der Waals surface area contributed by atoms with Crippen molar-refractivity contribution in [2.24, 2.45) is 0 Å². The van der Waals surface area contributed by atoms with Gasteiger partial charge < -0.3 is 10.2 Å². The van der Waals surface area contributed by atoms with E-state index in [1.807, 2.05) is 67.6 Å². The molecule has 1 aliphatic heterocycles. The molecule has 1 aliphatic rings. The van der Waals surface area contributed by atoms with Crippen molar-refractivity contribution in [2.75, 3.05) is 11.9 Å². The lowest BCUT2D eigenvalue weighted by Crippen LogP contribution is -2.37. The van der Waals surface area contributed by atoms with E-state index in [4.69, 9.17) is 0 Å². The van der Waals surface area contributed by atoms with Crippen LogP contribution in [-0.2, 0) is 24.3 Å². The second kappa shape index (κ2) is 8.98. The van der Waals surface area contributed by atoms with Crippen LogP contribution in [0.15, 0.2) is 83.7 Å². The average molecular weight is 452 g/mol. The minimum Gasteiger partial charge on any atom is -0.334 e. The second-order valence-electron chi connectivity index (χ2n) is 8.66. The molecule has 0 unspecified atom stereocenters. The van der Waals surface area contributed by atoms with Gasteiger partial charge in [-0.1, -0.05) is 54.6 Å². The number of hydrogen-bond donors (Lipinski definition) is 1. The maximum atomic E-state index is 13.5. The quantitative estimate of drug-likeness (QED) is 0.507. The fraction of sp³-hybridized carbons (Fsp3) is 0.179. The molecule has 0 saturated carbocycles. The van der Waals surface area contributed by atoms with Crippen LogP contribution in [0.25, 0.3) is 10.9 Å². The molecule has 5 rings (SSSR count). The zero-order chi connectivity index (χ0) is 23.7. The maximum Gasteiger partial charge on any atom is 0.255 e. The van der Waals surface area contributed by atoms with Crippen LogP contribution >= 0.6 is 0 Å². The lowest BCUT2D eigenvalue weighted by molar-refractivity contribution is -0.116. The van der Waals surface area contributed by atoms with Crippen molar-refractivity contribution < 1.29 is 9.59 Å². The van der Waals surface area contributed by atoms with Crippen molar-refractivity contribution >= 4 is 28.4 Å². The third kappa shape index (κ3) is 4.22. The zero-order valence-corrected chi connectivity index (χ0v) is 19.0. The summed E-state index contributed by atoms with van der Waals surface area (Å²) in [5, 5.41) is 3.51. The minimum atomic E-state index is -0.376. The standard InChI is InChI=1S/C28H25N3O3/c1-19-7-6-10-22(15-19)29-26(32)18-31-25-12-5-4-11-23(25)24(16-27(31)33)28(34)30-14-13-20-8-2-3-9-21(20)17-30/h2-12,15-16H,13-14,17-18H2,1H3,(H,29,32). The van der Waals surface area contributed by atoms with Crippen LogP contribution in [0.5, 0.6) is 0 Å². The molecule has 1 aromatic heterocycles. The SMILES string of the molecule is Cc1cccc(NC(=O)Cn2c(=O)cc(C(=O)N3CCc4ccccc4C3)c3ccccc32)c1. The van der Waals surface area contributed by atoms with Gasteiger partial charge in [0.05, 0.1) is 11.1 Å². The lowest BCUT2D eigenvalue weighted by atomic mass is 9.98. The Morgan fingerprint density at radius 2 is 1.68 bits per heavy atom. The number of nitrogens with zero attached hydrogens (tertiary/aromatic N) is 2. The molecule has 6 nitrogen and oxygen atoms in total. The van der Waals surface area contributed by atoms with Gasteiger partial charge in [-0.2, -0.15) is 0 Å². The van der Waals surface area contributed by atoms with Crippen LogP contribution < -0.4 is 10.9 Å². The highest BCUT2D eigenvalue weighted by molar-refractivity contribution is 6.06. The van der Waals surface area contributed by atoms with Gasteiger partial charge in [-0.3, -0.25) is 19.0 Å². The normalized spacial score (nSPS) is 12.9. The van der Waals surface area contributed by atoms with Gasteiger partial charge in [0.15, 0.2) is 0 Å². The Labute approximate surface area is 197 Å². The molecule has 4 aromatic rings. The summed E-state index contributed by atoms with van der Waals surface area (Å²) < 4.78 is 1.42. The number of aromatic nitrogens is 1. The minimum absolute atomic E-state index is 0.140. The monoisotopic (exact) mass is 451 g/mol. The molecule has 0 spiro atoms. The Morgan fingerprint density at radius 3 is 2.50 bits per heavy atom. The molecule has 0 bridgehead atoms. The van der Waals surface area contributed by atoms with Crippen molar-refractivity contribution in [2.45, 2.75) is 26.4 Å². The highest BCUT2D eigenvalue weighted by atomic mass is 16.2. The molecule has 0 atom stereocenters. The molecule has 1 N–H and O–H groups in total. The number of carbonyl (C=O) groups excluding carboxylic acids is 2. The molecule has 0 saturated heterocycles. The Kier molecular flexibility index (Phi) is 5.72. The van der Waals surface area contributed by atoms with E-state index in [-0.39, 0.29) is 23.9 Å². The molecule has 0 radical (unpaired) electrons. The predicted octanol–water partition coefficient (Wildman–Crippen LogP) is 4.15. The van der Waals surface area contributed by atoms with Gasteiger partial charge in [-0.25, -0.2) is 0 Å². The predicted molar refractivity (Wildman–Crippen MR) is 133 cm³/mol. The molecule has 0 aliphatic carbocycles. The smallest absolute Gasteiger partial charge is 0.255 e. The van der Waals surface area contributed by atoms with Gasteiger partial charge in [-0.15, -0.1) is 0 Å². The Bertz CT molecular complexity index is 1470. The number of aryl methyl sites for hydroxylation is 1. The molecular formula is C28H25N3O3. The number of amides is 2. The molecule has 34 heavy (non-hydrogen) atoms. The number of rotatable bonds is 4. The molecule has 0 fully saturated rings. The summed E-state index contributed by atoms with van der Waals surface area (Å²) in [5.41, 5.74) is 4.66. The summed E-state index contributed by atoms with van der Waals surface area (Å²) in [6.45, 7) is 2.93. The first-order chi connectivity index (χ1) is 16.5. The topological polar surface area (TPSA) is 71.4 Å². The summed E-state index contributed by atoms with van der Waals surface area (Å²) >= 11 is 0. The largest absolute Gasteiger partial charge is 0.334 e. The number of benzene rings is 3. The van der Waals surface area contributed by atoms with Gasteiger partial charge in [0.25, 0.3) is 11.5 Å². The molecule has 3 aromatic carbocycles. The van der Waals surface area contributed by atoms with E-state index in [1.54, 1.807) is 11.0 Å². The maximum absolute atomic E-state index is 13.5. The molecule has 6 heteroatoms. The lowest BCUT2D eigenvalue weighted by Gasteiger charge is -2.29. The van der Waals surface area contributed by atoms with Gasteiger partial charge in [-0.05, 0) is 48.2 Å². The third-order valence-corrected chi connectivity index (χ3v) is 6.27. The Morgan fingerprint density at radius 1 is 0.912 bits per heavy atom. The van der Waals surface area contributed by atoms with Gasteiger partial charge in [0.2, 0.25) is 5.91 Å².